The lowest BCUT2D eigenvalue weighted by atomic mass is 10.2. The van der Waals surface area contributed by atoms with Gasteiger partial charge in [-0.3, -0.25) is 19.3 Å². The third kappa shape index (κ3) is 2.94. The first-order valence-corrected chi connectivity index (χ1v) is 6.12. The number of nitrogens with two attached hydrogens (primary N) is 1. The minimum atomic E-state index is -1.23. The Hall–Kier alpha value is -2.28. The van der Waals surface area contributed by atoms with Crippen molar-refractivity contribution in [2.75, 3.05) is 12.3 Å². The van der Waals surface area contributed by atoms with Crippen LogP contribution in [0.25, 0.3) is 6.08 Å². The van der Waals surface area contributed by atoms with E-state index >= 15 is 0 Å². The molecule has 98 valence electrons. The third-order valence-electron chi connectivity index (χ3n) is 2.40. The van der Waals surface area contributed by atoms with E-state index in [1.807, 2.05) is 0 Å². The van der Waals surface area contributed by atoms with E-state index in [1.54, 1.807) is 24.3 Å². The van der Waals surface area contributed by atoms with Crippen LogP contribution < -0.4 is 5.73 Å². The number of nitrogen functional groups attached to an aromatic ring is 1. The van der Waals surface area contributed by atoms with E-state index in [1.165, 1.54) is 6.08 Å². The second-order valence-electron chi connectivity index (χ2n) is 3.83. The molecule has 0 saturated carbocycles. The van der Waals surface area contributed by atoms with E-state index in [4.69, 9.17) is 10.8 Å². The zero-order valence-corrected chi connectivity index (χ0v) is 10.5. The zero-order valence-electron chi connectivity index (χ0n) is 9.70. The number of carboxylic acids is 1. The summed E-state index contributed by atoms with van der Waals surface area (Å²) >= 11 is 0.727. The molecule has 0 radical (unpaired) electrons. The molecular weight excluding hydrogens is 268 g/mol. The van der Waals surface area contributed by atoms with E-state index in [0.717, 1.165) is 17.3 Å². The molecule has 7 heteroatoms. The van der Waals surface area contributed by atoms with Crippen molar-refractivity contribution in [1.29, 1.82) is 0 Å². The lowest BCUT2D eigenvalue weighted by Crippen LogP contribution is -2.33. The highest BCUT2D eigenvalue weighted by atomic mass is 32.2. The molecular formula is C12H10N2O4S. The maximum atomic E-state index is 11.9. The summed E-state index contributed by atoms with van der Waals surface area (Å²) < 4.78 is 0. The van der Waals surface area contributed by atoms with Gasteiger partial charge in [0.05, 0.1) is 4.91 Å². The maximum absolute atomic E-state index is 11.9. The highest BCUT2D eigenvalue weighted by Crippen LogP contribution is 2.31. The second kappa shape index (κ2) is 5.15. The van der Waals surface area contributed by atoms with E-state index < -0.39 is 23.7 Å². The summed E-state index contributed by atoms with van der Waals surface area (Å²) in [6, 6.07) is 6.77. The number of imide groups is 1. The largest absolute Gasteiger partial charge is 0.480 e. The molecule has 1 aliphatic heterocycles. The molecule has 3 N–H and O–H groups in total. The van der Waals surface area contributed by atoms with Crippen LogP contribution in [-0.2, 0) is 9.59 Å². The molecule has 1 aromatic rings. The Morgan fingerprint density at radius 1 is 1.32 bits per heavy atom. The summed E-state index contributed by atoms with van der Waals surface area (Å²) in [6.45, 7) is -0.621. The van der Waals surface area contributed by atoms with Crippen molar-refractivity contribution < 1.29 is 19.5 Å². The molecule has 0 atom stereocenters. The van der Waals surface area contributed by atoms with Gasteiger partial charge in [-0.25, -0.2) is 0 Å². The molecule has 0 aromatic heterocycles. The van der Waals surface area contributed by atoms with Crippen LogP contribution in [0.1, 0.15) is 5.56 Å². The van der Waals surface area contributed by atoms with E-state index in [0.29, 0.717) is 10.6 Å². The standard InChI is InChI=1S/C12H10N2O4S/c13-8-3-1-7(2-4-8)5-9-11(17)14(6-10(15)16)12(18)19-9/h1-5H,6,13H2,(H,15,16)/b9-5-. The number of thioether (sulfide) groups is 1. The van der Waals surface area contributed by atoms with E-state index in [2.05, 4.69) is 0 Å². The Kier molecular flexibility index (Phi) is 3.57. The normalized spacial score (nSPS) is 17.3. The lowest BCUT2D eigenvalue weighted by molar-refractivity contribution is -0.140. The molecule has 0 unspecified atom stereocenters. The Morgan fingerprint density at radius 2 is 1.95 bits per heavy atom. The lowest BCUT2D eigenvalue weighted by Gasteiger charge is -2.07. The number of benzene rings is 1. The third-order valence-corrected chi connectivity index (χ3v) is 3.31. The SMILES string of the molecule is Nc1ccc(/C=C2\SC(=O)N(CC(=O)O)C2=O)cc1. The van der Waals surface area contributed by atoms with Crippen molar-refractivity contribution in [2.45, 2.75) is 0 Å². The Bertz CT molecular complexity index is 580. The molecule has 1 aliphatic rings. The van der Waals surface area contributed by atoms with Crippen molar-refractivity contribution in [3.8, 4) is 0 Å². The van der Waals surface area contributed by atoms with Crippen molar-refractivity contribution in [3.63, 3.8) is 0 Å². The fourth-order valence-corrected chi connectivity index (χ4v) is 2.35. The number of hydrogen-bond donors (Lipinski definition) is 2. The number of carbonyl (C=O) groups excluding carboxylic acids is 2. The topological polar surface area (TPSA) is 101 Å². The van der Waals surface area contributed by atoms with Gasteiger partial charge in [-0.1, -0.05) is 12.1 Å². The Balaban J connectivity index is 2.23. The van der Waals surface area contributed by atoms with Gasteiger partial charge in [0.15, 0.2) is 0 Å². The smallest absolute Gasteiger partial charge is 0.323 e. The van der Waals surface area contributed by atoms with Crippen molar-refractivity contribution in [2.24, 2.45) is 0 Å². The molecule has 2 amide bonds. The number of carbonyl (C=O) groups is 3. The minimum Gasteiger partial charge on any atom is -0.480 e. The summed E-state index contributed by atoms with van der Waals surface area (Å²) in [6.07, 6.45) is 1.53. The van der Waals surface area contributed by atoms with E-state index in [9.17, 15) is 14.4 Å². The van der Waals surface area contributed by atoms with Crippen LogP contribution in [0.3, 0.4) is 0 Å². The van der Waals surface area contributed by atoms with Crippen LogP contribution in [0.2, 0.25) is 0 Å². The number of aliphatic carboxylic acids is 1. The summed E-state index contributed by atoms with van der Waals surface area (Å²) in [5.74, 6) is -1.81. The van der Waals surface area contributed by atoms with Gasteiger partial charge in [0.25, 0.3) is 11.1 Å². The van der Waals surface area contributed by atoms with Crippen LogP contribution >= 0.6 is 11.8 Å². The molecule has 6 nitrogen and oxygen atoms in total. The van der Waals surface area contributed by atoms with Crippen LogP contribution in [-0.4, -0.2) is 33.7 Å². The monoisotopic (exact) mass is 278 g/mol. The van der Waals surface area contributed by atoms with Gasteiger partial charge < -0.3 is 10.8 Å². The highest BCUT2D eigenvalue weighted by Gasteiger charge is 2.36. The first-order chi connectivity index (χ1) is 8.97. The summed E-state index contributed by atoms with van der Waals surface area (Å²) in [5, 5.41) is 8.05. The van der Waals surface area contributed by atoms with Gasteiger partial charge in [-0.2, -0.15) is 0 Å². The highest BCUT2D eigenvalue weighted by molar-refractivity contribution is 8.18. The van der Waals surface area contributed by atoms with Gasteiger partial charge in [0.2, 0.25) is 0 Å². The molecule has 1 aromatic carbocycles. The fourth-order valence-electron chi connectivity index (χ4n) is 1.52. The van der Waals surface area contributed by atoms with Gasteiger partial charge in [0.1, 0.15) is 6.54 Å². The summed E-state index contributed by atoms with van der Waals surface area (Å²) in [5.41, 5.74) is 6.85. The quantitative estimate of drug-likeness (QED) is 0.640. The second-order valence-corrected chi connectivity index (χ2v) is 4.82. The first kappa shape index (κ1) is 13.2. The van der Waals surface area contributed by atoms with Crippen molar-refractivity contribution in [3.05, 3.63) is 34.7 Å². The van der Waals surface area contributed by atoms with Gasteiger partial charge >= 0.3 is 5.97 Å². The first-order valence-electron chi connectivity index (χ1n) is 5.30. The predicted molar refractivity (Wildman–Crippen MR) is 71.2 cm³/mol. The molecule has 0 aliphatic carbocycles. The fraction of sp³-hybridized carbons (Fsp3) is 0.0833. The van der Waals surface area contributed by atoms with Gasteiger partial charge in [-0.15, -0.1) is 0 Å². The number of amides is 2. The average molecular weight is 278 g/mol. The number of hydrogen-bond acceptors (Lipinski definition) is 5. The molecule has 1 heterocycles. The average Bonchev–Trinajstić information content (AvgIpc) is 2.60. The number of anilines is 1. The molecule has 1 saturated heterocycles. The number of carboxylic acid groups (broad SMARTS) is 1. The van der Waals surface area contributed by atoms with Crippen molar-refractivity contribution >= 4 is 40.6 Å². The van der Waals surface area contributed by atoms with Crippen molar-refractivity contribution in [1.82, 2.24) is 4.90 Å². The van der Waals surface area contributed by atoms with Gasteiger partial charge in [-0.05, 0) is 35.5 Å². The minimum absolute atomic E-state index is 0.205. The van der Waals surface area contributed by atoms with Gasteiger partial charge in [0, 0.05) is 5.69 Å². The number of nitrogens with zero attached hydrogens (tertiary/aromatic N) is 1. The molecule has 0 spiro atoms. The van der Waals surface area contributed by atoms with Crippen LogP contribution in [0.5, 0.6) is 0 Å². The summed E-state index contributed by atoms with van der Waals surface area (Å²) in [7, 11) is 0. The number of rotatable bonds is 3. The predicted octanol–water partition coefficient (Wildman–Crippen LogP) is 1.39. The molecule has 19 heavy (non-hydrogen) atoms. The Morgan fingerprint density at radius 3 is 2.53 bits per heavy atom. The molecule has 1 fully saturated rings. The maximum Gasteiger partial charge on any atom is 0.323 e. The molecule has 0 bridgehead atoms. The van der Waals surface area contributed by atoms with E-state index in [-0.39, 0.29) is 4.91 Å². The van der Waals surface area contributed by atoms with Crippen LogP contribution in [0.15, 0.2) is 29.2 Å². The Labute approximate surface area is 112 Å². The summed E-state index contributed by atoms with van der Waals surface area (Å²) in [4.78, 5) is 34.8. The van der Waals surface area contributed by atoms with Crippen LogP contribution in [0.4, 0.5) is 10.5 Å². The van der Waals surface area contributed by atoms with Crippen LogP contribution in [0, 0.1) is 0 Å². The zero-order chi connectivity index (χ0) is 14.0. The molecule has 2 rings (SSSR count).